The molecule has 2 aromatic rings. The zero-order chi connectivity index (χ0) is 11.7. The molecule has 0 saturated heterocycles. The number of aromatic carboxylic acids is 1. The molecule has 16 heavy (non-hydrogen) atoms. The molecule has 7 heteroatoms. The summed E-state index contributed by atoms with van der Waals surface area (Å²) < 4.78 is 6.44. The van der Waals surface area contributed by atoms with E-state index in [9.17, 15) is 4.79 Å². The zero-order valence-electron chi connectivity index (χ0n) is 8.84. The molecular formula is C9H10N4O3. The van der Waals surface area contributed by atoms with Crippen LogP contribution in [-0.4, -0.2) is 31.2 Å². The van der Waals surface area contributed by atoms with Crippen molar-refractivity contribution >= 4 is 5.97 Å². The summed E-state index contributed by atoms with van der Waals surface area (Å²) in [5, 5.41) is 20.3. The van der Waals surface area contributed by atoms with E-state index in [4.69, 9.17) is 9.63 Å². The first-order valence-electron chi connectivity index (χ1n) is 4.72. The first kappa shape index (κ1) is 10.3. The zero-order valence-corrected chi connectivity index (χ0v) is 8.84. The Morgan fingerprint density at radius 1 is 1.62 bits per heavy atom. The topological polar surface area (TPSA) is 94.0 Å². The Kier molecular flexibility index (Phi) is 2.43. The van der Waals surface area contributed by atoms with Crippen LogP contribution in [0.25, 0.3) is 11.4 Å². The van der Waals surface area contributed by atoms with Gasteiger partial charge in [0.1, 0.15) is 11.3 Å². The number of rotatable bonds is 3. The van der Waals surface area contributed by atoms with E-state index in [0.717, 1.165) is 0 Å². The van der Waals surface area contributed by atoms with Crippen LogP contribution in [0.4, 0.5) is 0 Å². The van der Waals surface area contributed by atoms with E-state index in [2.05, 4.69) is 15.5 Å². The van der Waals surface area contributed by atoms with Gasteiger partial charge in [-0.25, -0.2) is 4.79 Å². The minimum absolute atomic E-state index is 0.0583. The van der Waals surface area contributed by atoms with Crippen molar-refractivity contribution in [3.05, 3.63) is 17.5 Å². The third-order valence-electron chi connectivity index (χ3n) is 2.14. The molecule has 0 spiro atoms. The lowest BCUT2D eigenvalue weighted by Crippen LogP contribution is -2.00. The van der Waals surface area contributed by atoms with Crippen LogP contribution < -0.4 is 0 Å². The predicted octanol–water partition coefficient (Wildman–Crippen LogP) is 0.731. The lowest BCUT2D eigenvalue weighted by atomic mass is 10.1. The lowest BCUT2D eigenvalue weighted by molar-refractivity contribution is 0.0695. The third-order valence-corrected chi connectivity index (χ3v) is 2.14. The highest BCUT2D eigenvalue weighted by Crippen LogP contribution is 2.23. The Morgan fingerprint density at radius 3 is 2.88 bits per heavy atom. The molecule has 0 aliphatic heterocycles. The number of carboxylic acid groups (broad SMARTS) is 1. The molecule has 2 heterocycles. The average Bonchev–Trinajstić information content (AvgIpc) is 2.82. The van der Waals surface area contributed by atoms with E-state index < -0.39 is 5.97 Å². The first-order chi connectivity index (χ1) is 7.63. The van der Waals surface area contributed by atoms with Gasteiger partial charge in [0.25, 0.3) is 0 Å². The summed E-state index contributed by atoms with van der Waals surface area (Å²) >= 11 is 0. The molecule has 0 unspecified atom stereocenters. The van der Waals surface area contributed by atoms with Crippen LogP contribution in [0.1, 0.15) is 23.0 Å². The van der Waals surface area contributed by atoms with Gasteiger partial charge >= 0.3 is 5.97 Å². The van der Waals surface area contributed by atoms with E-state index in [1.165, 1.54) is 4.68 Å². The first-order valence-corrected chi connectivity index (χ1v) is 4.72. The van der Waals surface area contributed by atoms with Crippen molar-refractivity contribution in [2.45, 2.75) is 13.3 Å². The van der Waals surface area contributed by atoms with Gasteiger partial charge in [0, 0.05) is 13.5 Å². The molecule has 0 fully saturated rings. The van der Waals surface area contributed by atoms with Gasteiger partial charge in [-0.1, -0.05) is 17.3 Å². The van der Waals surface area contributed by atoms with Crippen molar-refractivity contribution in [3.8, 4) is 11.4 Å². The van der Waals surface area contributed by atoms with E-state index >= 15 is 0 Å². The van der Waals surface area contributed by atoms with Gasteiger partial charge in [-0.3, -0.25) is 4.68 Å². The summed E-state index contributed by atoms with van der Waals surface area (Å²) in [6, 6.07) is 0. The number of aryl methyl sites for hydroxylation is 2. The number of nitrogens with zero attached hydrogens (tertiary/aromatic N) is 4. The molecule has 0 amide bonds. The molecule has 84 valence electrons. The largest absolute Gasteiger partial charge is 0.477 e. The van der Waals surface area contributed by atoms with Crippen LogP contribution in [-0.2, 0) is 13.5 Å². The second kappa shape index (κ2) is 3.76. The summed E-state index contributed by atoms with van der Waals surface area (Å²) in [7, 11) is 1.69. The van der Waals surface area contributed by atoms with Crippen molar-refractivity contribution in [2.75, 3.05) is 0 Å². The minimum Gasteiger partial charge on any atom is -0.477 e. The second-order valence-corrected chi connectivity index (χ2v) is 3.27. The summed E-state index contributed by atoms with van der Waals surface area (Å²) in [6.45, 7) is 1.80. The maximum absolute atomic E-state index is 11.1. The molecule has 2 aromatic heterocycles. The fraction of sp³-hybridized carbons (Fsp3) is 0.333. The Balaban J connectivity index is 2.57. The molecule has 0 saturated carbocycles. The van der Waals surface area contributed by atoms with E-state index in [0.29, 0.717) is 17.9 Å². The van der Waals surface area contributed by atoms with E-state index in [1.54, 1.807) is 20.2 Å². The van der Waals surface area contributed by atoms with Gasteiger partial charge in [-0.15, -0.1) is 5.10 Å². The van der Waals surface area contributed by atoms with Crippen LogP contribution in [0.5, 0.6) is 0 Å². The fourth-order valence-electron chi connectivity index (χ4n) is 1.42. The number of hydrogen-bond donors (Lipinski definition) is 1. The van der Waals surface area contributed by atoms with Crippen LogP contribution in [0.15, 0.2) is 10.7 Å². The van der Waals surface area contributed by atoms with Crippen molar-refractivity contribution < 1.29 is 14.4 Å². The summed E-state index contributed by atoms with van der Waals surface area (Å²) in [5.74, 6) is -0.730. The number of carbonyl (C=O) groups is 1. The van der Waals surface area contributed by atoms with Crippen molar-refractivity contribution in [2.24, 2.45) is 7.05 Å². The summed E-state index contributed by atoms with van der Waals surface area (Å²) in [6.07, 6.45) is 2.05. The number of carboxylic acids is 1. The normalized spacial score (nSPS) is 10.6. The van der Waals surface area contributed by atoms with Crippen LogP contribution in [0, 0.1) is 0 Å². The fourth-order valence-corrected chi connectivity index (χ4v) is 1.42. The maximum atomic E-state index is 11.1. The molecule has 2 rings (SSSR count). The Hall–Kier alpha value is -2.18. The highest BCUT2D eigenvalue weighted by molar-refractivity contribution is 5.95. The Labute approximate surface area is 90.7 Å². The highest BCUT2D eigenvalue weighted by atomic mass is 16.5. The second-order valence-electron chi connectivity index (χ2n) is 3.27. The number of hydrogen-bond acceptors (Lipinski definition) is 5. The molecule has 0 atom stereocenters. The molecule has 0 bridgehead atoms. The van der Waals surface area contributed by atoms with Gasteiger partial charge < -0.3 is 9.63 Å². The van der Waals surface area contributed by atoms with Gasteiger partial charge in [-0.05, 0) is 0 Å². The van der Waals surface area contributed by atoms with Crippen LogP contribution in [0.3, 0.4) is 0 Å². The minimum atomic E-state index is -1.07. The SMILES string of the molecule is CCc1onc(-c2cn(C)nn2)c1C(=O)O. The molecule has 0 aromatic carbocycles. The summed E-state index contributed by atoms with van der Waals surface area (Å²) in [4.78, 5) is 11.1. The standard InChI is InChI=1S/C9H10N4O3/c1-3-6-7(9(14)15)8(11-16-6)5-4-13(2)12-10-5/h4H,3H2,1-2H3,(H,14,15). The molecular weight excluding hydrogens is 212 g/mol. The molecule has 1 N–H and O–H groups in total. The molecule has 7 nitrogen and oxygen atoms in total. The van der Waals surface area contributed by atoms with E-state index in [1.807, 2.05) is 0 Å². The Morgan fingerprint density at radius 2 is 2.38 bits per heavy atom. The quantitative estimate of drug-likeness (QED) is 0.822. The third kappa shape index (κ3) is 1.56. The molecule has 0 aliphatic rings. The molecule has 0 aliphatic carbocycles. The smallest absolute Gasteiger partial charge is 0.341 e. The van der Waals surface area contributed by atoms with Crippen molar-refractivity contribution in [3.63, 3.8) is 0 Å². The monoisotopic (exact) mass is 222 g/mol. The van der Waals surface area contributed by atoms with Gasteiger partial charge in [0.05, 0.1) is 6.20 Å². The van der Waals surface area contributed by atoms with Gasteiger partial charge in [-0.2, -0.15) is 0 Å². The summed E-state index contributed by atoms with van der Waals surface area (Å²) in [5.41, 5.74) is 0.670. The molecule has 0 radical (unpaired) electrons. The van der Waals surface area contributed by atoms with Crippen LogP contribution >= 0.6 is 0 Å². The van der Waals surface area contributed by atoms with Crippen LogP contribution in [0.2, 0.25) is 0 Å². The van der Waals surface area contributed by atoms with E-state index in [-0.39, 0.29) is 11.3 Å². The Bertz CT molecular complexity index is 529. The van der Waals surface area contributed by atoms with Crippen molar-refractivity contribution in [1.82, 2.24) is 20.2 Å². The number of aromatic nitrogens is 4. The van der Waals surface area contributed by atoms with Crippen molar-refractivity contribution in [1.29, 1.82) is 0 Å². The maximum Gasteiger partial charge on any atom is 0.341 e. The highest BCUT2D eigenvalue weighted by Gasteiger charge is 2.24. The predicted molar refractivity (Wildman–Crippen MR) is 52.8 cm³/mol. The lowest BCUT2D eigenvalue weighted by Gasteiger charge is -1.93. The average molecular weight is 222 g/mol. The van der Waals surface area contributed by atoms with Gasteiger partial charge in [0.2, 0.25) is 0 Å². The van der Waals surface area contributed by atoms with Gasteiger partial charge in [0.15, 0.2) is 11.5 Å².